The molecule has 8 heteroatoms. The van der Waals surface area contributed by atoms with Crippen molar-refractivity contribution in [1.29, 1.82) is 0 Å². The summed E-state index contributed by atoms with van der Waals surface area (Å²) in [6, 6.07) is 26.1. The highest BCUT2D eigenvalue weighted by molar-refractivity contribution is 6.26. The molecule has 0 aromatic heterocycles. The molecule has 2 fully saturated rings. The quantitative estimate of drug-likeness (QED) is 0.230. The van der Waals surface area contributed by atoms with Crippen molar-refractivity contribution in [2.45, 2.75) is 19.1 Å². The number of rotatable bonds is 4. The Balaban J connectivity index is 1.46. The molecule has 0 saturated carbocycles. The maximum absolute atomic E-state index is 13.9. The summed E-state index contributed by atoms with van der Waals surface area (Å²) >= 11 is 0. The fourth-order valence-electron chi connectivity index (χ4n) is 5.13. The molecule has 0 N–H and O–H groups in total. The fraction of sp³-hybridized carbons (Fsp3) is 0.143. The molecular formula is C28H21N3O5. The number of anilines is 2. The zero-order valence-corrected chi connectivity index (χ0v) is 19.3. The van der Waals surface area contributed by atoms with Gasteiger partial charge in [-0.1, -0.05) is 72.3 Å². The molecule has 4 aromatic rings. The van der Waals surface area contributed by atoms with E-state index in [-0.39, 0.29) is 11.6 Å². The number of benzene rings is 4. The van der Waals surface area contributed by atoms with Gasteiger partial charge in [0.1, 0.15) is 5.92 Å². The molecule has 3 atom stereocenters. The van der Waals surface area contributed by atoms with Crippen LogP contribution in [0.4, 0.5) is 17.1 Å². The van der Waals surface area contributed by atoms with Crippen LogP contribution in [0.15, 0.2) is 91.0 Å². The Labute approximate surface area is 206 Å². The van der Waals surface area contributed by atoms with Crippen molar-refractivity contribution >= 4 is 39.6 Å². The number of non-ortho nitro benzene ring substituents is 1. The van der Waals surface area contributed by atoms with Gasteiger partial charge in [0.25, 0.3) is 11.6 Å². The Hall–Kier alpha value is -4.56. The molecule has 6 rings (SSSR count). The Morgan fingerprint density at radius 2 is 1.58 bits per heavy atom. The average molecular weight is 479 g/mol. The van der Waals surface area contributed by atoms with Crippen LogP contribution in [0.25, 0.3) is 10.8 Å². The molecule has 2 aliphatic heterocycles. The van der Waals surface area contributed by atoms with E-state index < -0.39 is 28.9 Å². The number of aryl methyl sites for hydroxylation is 1. The molecular weight excluding hydrogens is 458 g/mol. The van der Waals surface area contributed by atoms with Gasteiger partial charge in [0.2, 0.25) is 5.91 Å². The van der Waals surface area contributed by atoms with Crippen LogP contribution in [0.5, 0.6) is 0 Å². The molecule has 2 aliphatic rings. The number of hydrogen-bond acceptors (Lipinski definition) is 6. The van der Waals surface area contributed by atoms with Crippen LogP contribution in [-0.4, -0.2) is 22.8 Å². The zero-order chi connectivity index (χ0) is 25.0. The molecule has 0 bridgehead atoms. The number of carbonyl (C=O) groups excluding carboxylic acids is 2. The number of imide groups is 1. The number of nitro groups is 1. The summed E-state index contributed by atoms with van der Waals surface area (Å²) < 4.78 is 0. The SMILES string of the molecule is Cc1ccc([C@H]2[C@@H]3C(=O)N(c4cccc5ccccc45)C(=O)[C@H]3ON2c2cccc([N+](=O)[O-])c2)cc1. The van der Waals surface area contributed by atoms with Crippen molar-refractivity contribution in [3.05, 3.63) is 112 Å². The summed E-state index contributed by atoms with van der Waals surface area (Å²) in [4.78, 5) is 45.9. The van der Waals surface area contributed by atoms with Gasteiger partial charge in [0, 0.05) is 17.5 Å². The molecule has 36 heavy (non-hydrogen) atoms. The first-order valence-electron chi connectivity index (χ1n) is 11.6. The van der Waals surface area contributed by atoms with Crippen LogP contribution in [-0.2, 0) is 14.4 Å². The van der Waals surface area contributed by atoms with E-state index in [1.165, 1.54) is 22.1 Å². The first kappa shape index (κ1) is 21.9. The van der Waals surface area contributed by atoms with Gasteiger partial charge in [0.05, 0.1) is 22.3 Å². The number of hydrogen-bond donors (Lipinski definition) is 0. The Kier molecular flexibility index (Phi) is 5.05. The summed E-state index contributed by atoms with van der Waals surface area (Å²) in [5.74, 6) is -1.63. The van der Waals surface area contributed by atoms with Crippen LogP contribution in [0.1, 0.15) is 17.2 Å². The minimum Gasteiger partial charge on any atom is -0.273 e. The van der Waals surface area contributed by atoms with Crippen LogP contribution in [0.2, 0.25) is 0 Å². The monoisotopic (exact) mass is 479 g/mol. The lowest BCUT2D eigenvalue weighted by Crippen LogP contribution is -2.37. The van der Waals surface area contributed by atoms with E-state index in [1.54, 1.807) is 18.2 Å². The summed E-state index contributed by atoms with van der Waals surface area (Å²) in [7, 11) is 0. The lowest BCUT2D eigenvalue weighted by molar-refractivity contribution is -0.384. The first-order valence-corrected chi connectivity index (χ1v) is 11.6. The molecule has 0 radical (unpaired) electrons. The number of nitrogens with zero attached hydrogens (tertiary/aromatic N) is 3. The number of hydroxylamine groups is 1. The second kappa shape index (κ2) is 8.28. The standard InChI is InChI=1S/C28H21N3O5/c1-17-12-14-19(15-13-17)25-24-26(36-30(25)20-8-5-9-21(16-20)31(34)35)28(33)29(27(24)32)23-11-4-7-18-6-2-3-10-22(18)23/h2-16,24-26H,1H3/t24-,25-,26-/m0/s1. The fourth-order valence-corrected chi connectivity index (χ4v) is 5.13. The molecule has 0 spiro atoms. The van der Waals surface area contributed by atoms with Crippen molar-refractivity contribution in [2.24, 2.45) is 5.92 Å². The number of nitro benzene ring substituents is 1. The van der Waals surface area contributed by atoms with Gasteiger partial charge < -0.3 is 0 Å². The van der Waals surface area contributed by atoms with Crippen LogP contribution >= 0.6 is 0 Å². The maximum Gasteiger partial charge on any atom is 0.271 e. The third kappa shape index (κ3) is 3.34. The van der Waals surface area contributed by atoms with E-state index in [2.05, 4.69) is 0 Å². The van der Waals surface area contributed by atoms with Gasteiger partial charge in [-0.05, 0) is 30.0 Å². The first-order chi connectivity index (χ1) is 17.4. The molecule has 8 nitrogen and oxygen atoms in total. The van der Waals surface area contributed by atoms with Crippen molar-refractivity contribution < 1.29 is 19.3 Å². The topological polar surface area (TPSA) is 93.0 Å². The van der Waals surface area contributed by atoms with Crippen LogP contribution in [0.3, 0.4) is 0 Å². The predicted octanol–water partition coefficient (Wildman–Crippen LogP) is 5.11. The summed E-state index contributed by atoms with van der Waals surface area (Å²) in [6.07, 6.45) is -1.05. The lowest BCUT2D eigenvalue weighted by atomic mass is 9.90. The second-order valence-electron chi connectivity index (χ2n) is 9.02. The van der Waals surface area contributed by atoms with Gasteiger partial charge in [-0.2, -0.15) is 0 Å². The zero-order valence-electron chi connectivity index (χ0n) is 19.3. The summed E-state index contributed by atoms with van der Waals surface area (Å²) in [6.45, 7) is 1.96. The normalized spacial score (nSPS) is 21.3. The van der Waals surface area contributed by atoms with Crippen molar-refractivity contribution in [3.8, 4) is 0 Å². The van der Waals surface area contributed by atoms with E-state index in [1.807, 2.05) is 67.6 Å². The van der Waals surface area contributed by atoms with E-state index in [0.717, 1.165) is 21.9 Å². The minimum atomic E-state index is -1.05. The van der Waals surface area contributed by atoms with Crippen molar-refractivity contribution in [1.82, 2.24) is 0 Å². The van der Waals surface area contributed by atoms with E-state index >= 15 is 0 Å². The summed E-state index contributed by atoms with van der Waals surface area (Å²) in [5.41, 5.74) is 2.64. The van der Waals surface area contributed by atoms with E-state index in [9.17, 15) is 19.7 Å². The summed E-state index contributed by atoms with van der Waals surface area (Å²) in [5, 5.41) is 14.6. The van der Waals surface area contributed by atoms with Gasteiger partial charge in [-0.15, -0.1) is 0 Å². The smallest absolute Gasteiger partial charge is 0.271 e. The van der Waals surface area contributed by atoms with Crippen molar-refractivity contribution in [2.75, 3.05) is 9.96 Å². The molecule has 0 aliphatic carbocycles. The highest BCUT2D eigenvalue weighted by Gasteiger charge is 2.60. The molecule has 2 heterocycles. The Bertz CT molecular complexity index is 1530. The van der Waals surface area contributed by atoms with Gasteiger partial charge in [-0.25, -0.2) is 9.96 Å². The maximum atomic E-state index is 13.9. The number of amides is 2. The molecule has 0 unspecified atom stereocenters. The van der Waals surface area contributed by atoms with E-state index in [4.69, 9.17) is 4.84 Å². The van der Waals surface area contributed by atoms with Gasteiger partial charge in [-0.3, -0.25) is 24.5 Å². The number of carbonyl (C=O) groups is 2. The molecule has 178 valence electrons. The Morgan fingerprint density at radius 1 is 0.861 bits per heavy atom. The van der Waals surface area contributed by atoms with E-state index in [0.29, 0.717) is 11.4 Å². The largest absolute Gasteiger partial charge is 0.273 e. The molecule has 2 amide bonds. The average Bonchev–Trinajstić information content (AvgIpc) is 3.40. The third-order valence-corrected chi connectivity index (χ3v) is 6.84. The molecule has 2 saturated heterocycles. The lowest BCUT2D eigenvalue weighted by Gasteiger charge is -2.29. The van der Waals surface area contributed by atoms with Gasteiger partial charge >= 0.3 is 0 Å². The van der Waals surface area contributed by atoms with Crippen LogP contribution < -0.4 is 9.96 Å². The van der Waals surface area contributed by atoms with Crippen molar-refractivity contribution in [3.63, 3.8) is 0 Å². The third-order valence-electron chi connectivity index (χ3n) is 6.84. The molecule has 4 aromatic carbocycles. The van der Waals surface area contributed by atoms with Crippen LogP contribution in [0, 0.1) is 23.0 Å². The predicted molar refractivity (Wildman–Crippen MR) is 134 cm³/mol. The highest BCUT2D eigenvalue weighted by Crippen LogP contribution is 2.48. The highest BCUT2D eigenvalue weighted by atomic mass is 16.7. The second-order valence-corrected chi connectivity index (χ2v) is 9.02. The Morgan fingerprint density at radius 3 is 2.36 bits per heavy atom. The minimum absolute atomic E-state index is 0.106. The number of fused-ring (bicyclic) bond motifs is 2. The van der Waals surface area contributed by atoms with Gasteiger partial charge in [0.15, 0.2) is 6.10 Å².